The molecule has 2 aromatic rings. The van der Waals surface area contributed by atoms with Crippen LogP contribution in [-0.4, -0.2) is 30.5 Å². The Balaban J connectivity index is 1.59. The monoisotopic (exact) mass is 330 g/mol. The van der Waals surface area contributed by atoms with Crippen molar-refractivity contribution >= 4 is 17.2 Å². The zero-order valence-electron chi connectivity index (χ0n) is 13.3. The molecule has 0 saturated carbocycles. The predicted octanol–water partition coefficient (Wildman–Crippen LogP) is 3.21. The number of hydrogen-bond donors (Lipinski definition) is 1. The number of ether oxygens (including phenoxy) is 1. The molecule has 23 heavy (non-hydrogen) atoms. The van der Waals surface area contributed by atoms with Crippen LogP contribution in [-0.2, 0) is 11.3 Å². The number of para-hydroxylation sites is 1. The summed E-state index contributed by atoms with van der Waals surface area (Å²) < 4.78 is 5.65. The lowest BCUT2D eigenvalue weighted by Crippen LogP contribution is -2.39. The molecule has 1 aliphatic heterocycles. The first-order valence-electron chi connectivity index (χ1n) is 8.02. The minimum Gasteiger partial charge on any atom is -0.493 e. The molecule has 0 spiro atoms. The lowest BCUT2D eigenvalue weighted by atomic mass is 10.0. The van der Waals surface area contributed by atoms with Crippen LogP contribution in [0.25, 0.3) is 0 Å². The van der Waals surface area contributed by atoms with Crippen LogP contribution in [0.15, 0.2) is 41.8 Å². The van der Waals surface area contributed by atoms with Crippen molar-refractivity contribution < 1.29 is 9.53 Å². The molecule has 0 unspecified atom stereocenters. The van der Waals surface area contributed by atoms with Crippen molar-refractivity contribution in [1.82, 2.24) is 10.2 Å². The van der Waals surface area contributed by atoms with Crippen LogP contribution in [0, 0.1) is 0 Å². The third kappa shape index (κ3) is 4.12. The van der Waals surface area contributed by atoms with Gasteiger partial charge in [0.2, 0.25) is 5.91 Å². The van der Waals surface area contributed by atoms with E-state index in [1.165, 1.54) is 4.88 Å². The average Bonchev–Trinajstić information content (AvgIpc) is 3.07. The number of thiophene rings is 1. The van der Waals surface area contributed by atoms with Gasteiger partial charge in [0.25, 0.3) is 0 Å². The molecule has 0 saturated heterocycles. The Hall–Kier alpha value is -1.85. The predicted molar refractivity (Wildman–Crippen MR) is 92.7 cm³/mol. The Morgan fingerprint density at radius 1 is 1.35 bits per heavy atom. The number of carbonyl (C=O) groups excluding carboxylic acids is 1. The van der Waals surface area contributed by atoms with Gasteiger partial charge in [-0.1, -0.05) is 31.2 Å². The van der Waals surface area contributed by atoms with E-state index >= 15 is 0 Å². The Morgan fingerprint density at radius 3 is 3.00 bits per heavy atom. The van der Waals surface area contributed by atoms with Gasteiger partial charge >= 0.3 is 0 Å². The van der Waals surface area contributed by atoms with Crippen LogP contribution in [0.5, 0.6) is 5.75 Å². The van der Waals surface area contributed by atoms with E-state index < -0.39 is 0 Å². The Labute approximate surface area is 141 Å². The fourth-order valence-corrected chi connectivity index (χ4v) is 3.58. The smallest absolute Gasteiger partial charge is 0.234 e. The molecule has 0 bridgehead atoms. The minimum absolute atomic E-state index is 0.0490. The number of carbonyl (C=O) groups is 1. The number of hydrogen-bond acceptors (Lipinski definition) is 4. The minimum atomic E-state index is 0.0490. The van der Waals surface area contributed by atoms with Crippen molar-refractivity contribution in [3.63, 3.8) is 0 Å². The summed E-state index contributed by atoms with van der Waals surface area (Å²) in [6.07, 6.45) is 0.819. The second-order valence-corrected chi connectivity index (χ2v) is 6.71. The van der Waals surface area contributed by atoms with Crippen molar-refractivity contribution in [2.45, 2.75) is 25.9 Å². The summed E-state index contributed by atoms with van der Waals surface area (Å²) >= 11 is 1.73. The fourth-order valence-electron chi connectivity index (χ4n) is 2.84. The maximum absolute atomic E-state index is 12.4. The maximum atomic E-state index is 12.4. The van der Waals surface area contributed by atoms with Gasteiger partial charge in [-0.05, 0) is 24.1 Å². The third-order valence-electron chi connectivity index (χ3n) is 4.07. The Kier molecular flexibility index (Phi) is 5.31. The highest BCUT2D eigenvalue weighted by Gasteiger charge is 2.23. The first-order chi connectivity index (χ1) is 11.3. The molecular weight excluding hydrogens is 308 g/mol. The van der Waals surface area contributed by atoms with E-state index in [2.05, 4.69) is 28.6 Å². The average molecular weight is 330 g/mol. The summed E-state index contributed by atoms with van der Waals surface area (Å²) in [5.74, 6) is 0.958. The third-order valence-corrected chi connectivity index (χ3v) is 4.93. The highest BCUT2D eigenvalue weighted by Crippen LogP contribution is 2.31. The van der Waals surface area contributed by atoms with E-state index in [4.69, 9.17) is 4.74 Å². The number of likely N-dealkylation sites (N-methyl/N-ethyl adjacent to an activating group) is 1. The van der Waals surface area contributed by atoms with Gasteiger partial charge < -0.3 is 10.1 Å². The van der Waals surface area contributed by atoms with Crippen LogP contribution in [0.1, 0.15) is 29.8 Å². The number of benzene rings is 1. The topological polar surface area (TPSA) is 41.6 Å². The van der Waals surface area contributed by atoms with Crippen LogP contribution in [0.3, 0.4) is 0 Å². The van der Waals surface area contributed by atoms with Crippen molar-refractivity contribution in [2.24, 2.45) is 0 Å². The Morgan fingerprint density at radius 2 is 2.22 bits per heavy atom. The normalized spacial score (nSPS) is 16.7. The molecule has 1 aliphatic rings. The van der Waals surface area contributed by atoms with E-state index in [9.17, 15) is 4.79 Å². The number of fused-ring (bicyclic) bond motifs is 1. The van der Waals surface area contributed by atoms with Crippen LogP contribution in [0.2, 0.25) is 0 Å². The second-order valence-electron chi connectivity index (χ2n) is 5.68. The molecule has 1 atom stereocenters. The highest BCUT2D eigenvalue weighted by molar-refractivity contribution is 7.09. The molecule has 2 heterocycles. The van der Waals surface area contributed by atoms with E-state index in [1.807, 2.05) is 30.3 Å². The van der Waals surface area contributed by atoms with Gasteiger partial charge in [-0.3, -0.25) is 9.69 Å². The largest absolute Gasteiger partial charge is 0.493 e. The first-order valence-corrected chi connectivity index (χ1v) is 8.90. The maximum Gasteiger partial charge on any atom is 0.234 e. The summed E-state index contributed by atoms with van der Waals surface area (Å²) in [6, 6.07) is 12.1. The van der Waals surface area contributed by atoms with Gasteiger partial charge in [-0.15, -0.1) is 11.3 Å². The van der Waals surface area contributed by atoms with Crippen molar-refractivity contribution in [3.05, 3.63) is 52.2 Å². The van der Waals surface area contributed by atoms with E-state index in [0.717, 1.165) is 30.8 Å². The van der Waals surface area contributed by atoms with Gasteiger partial charge in [-0.2, -0.15) is 0 Å². The fraction of sp³-hybridized carbons (Fsp3) is 0.389. The zero-order valence-corrected chi connectivity index (χ0v) is 14.1. The van der Waals surface area contributed by atoms with Gasteiger partial charge in [-0.25, -0.2) is 0 Å². The number of amides is 1. The molecule has 0 radical (unpaired) electrons. The SMILES string of the molecule is CCN(CC(=O)N[C@@H]1CCOc2ccccc21)Cc1cccs1. The molecule has 5 heteroatoms. The van der Waals surface area contributed by atoms with Gasteiger partial charge in [0, 0.05) is 23.4 Å². The van der Waals surface area contributed by atoms with E-state index in [-0.39, 0.29) is 11.9 Å². The summed E-state index contributed by atoms with van der Waals surface area (Å²) in [5, 5.41) is 5.23. The molecule has 1 N–H and O–H groups in total. The Bertz CT molecular complexity index is 642. The molecule has 1 amide bonds. The summed E-state index contributed by atoms with van der Waals surface area (Å²) in [4.78, 5) is 15.9. The molecule has 1 aromatic heterocycles. The molecule has 1 aromatic carbocycles. The number of nitrogens with one attached hydrogen (secondary N) is 1. The number of rotatable bonds is 6. The lowest BCUT2D eigenvalue weighted by Gasteiger charge is -2.27. The number of nitrogens with zero attached hydrogens (tertiary/aromatic N) is 1. The standard InChI is InChI=1S/C18H22N2O2S/c1-2-20(12-14-6-5-11-23-14)13-18(21)19-16-9-10-22-17-8-4-3-7-15(16)17/h3-8,11,16H,2,9-10,12-13H2,1H3,(H,19,21)/t16-/m1/s1. The zero-order chi connectivity index (χ0) is 16.1. The molecule has 122 valence electrons. The van der Waals surface area contributed by atoms with Crippen molar-refractivity contribution in [3.8, 4) is 5.75 Å². The molecule has 4 nitrogen and oxygen atoms in total. The first kappa shape index (κ1) is 16.0. The molecular formula is C18H22N2O2S. The van der Waals surface area contributed by atoms with Crippen molar-refractivity contribution in [1.29, 1.82) is 0 Å². The highest BCUT2D eigenvalue weighted by atomic mass is 32.1. The molecule has 0 fully saturated rings. The summed E-state index contributed by atoms with van der Waals surface area (Å²) in [7, 11) is 0. The second kappa shape index (κ2) is 7.62. The summed E-state index contributed by atoms with van der Waals surface area (Å²) in [5.41, 5.74) is 1.08. The summed E-state index contributed by atoms with van der Waals surface area (Å²) in [6.45, 7) is 4.84. The van der Waals surface area contributed by atoms with Gasteiger partial charge in [0.15, 0.2) is 0 Å². The van der Waals surface area contributed by atoms with Crippen molar-refractivity contribution in [2.75, 3.05) is 19.7 Å². The molecule has 0 aliphatic carbocycles. The van der Waals surface area contributed by atoms with Gasteiger partial charge in [0.05, 0.1) is 19.2 Å². The van der Waals surface area contributed by atoms with E-state index in [1.54, 1.807) is 11.3 Å². The lowest BCUT2D eigenvalue weighted by molar-refractivity contribution is -0.123. The van der Waals surface area contributed by atoms with Crippen LogP contribution < -0.4 is 10.1 Å². The van der Waals surface area contributed by atoms with E-state index in [0.29, 0.717) is 13.2 Å². The van der Waals surface area contributed by atoms with Gasteiger partial charge in [0.1, 0.15) is 5.75 Å². The molecule has 3 rings (SSSR count). The quantitative estimate of drug-likeness (QED) is 0.884. The van der Waals surface area contributed by atoms with Crippen LogP contribution in [0.4, 0.5) is 0 Å². The van der Waals surface area contributed by atoms with Crippen LogP contribution >= 0.6 is 11.3 Å².